The van der Waals surface area contributed by atoms with Crippen molar-refractivity contribution in [3.8, 4) is 0 Å². The number of aromatic amines is 1. The van der Waals surface area contributed by atoms with Gasteiger partial charge in [-0.05, 0) is 13.8 Å². The molecule has 1 aliphatic rings. The van der Waals surface area contributed by atoms with Crippen LogP contribution in [0.3, 0.4) is 0 Å². The van der Waals surface area contributed by atoms with Crippen molar-refractivity contribution in [3.63, 3.8) is 0 Å². The molecule has 25 heavy (non-hydrogen) atoms. The van der Waals surface area contributed by atoms with Crippen LogP contribution in [0.4, 0.5) is 4.39 Å². The molecule has 0 saturated carbocycles. The van der Waals surface area contributed by atoms with Gasteiger partial charge >= 0.3 is 15.9 Å². The molecule has 12 heteroatoms. The molecule has 0 amide bonds. The van der Waals surface area contributed by atoms with E-state index < -0.39 is 46.1 Å². The van der Waals surface area contributed by atoms with Crippen LogP contribution in [0.15, 0.2) is 26.2 Å². The van der Waals surface area contributed by atoms with Gasteiger partial charge in [-0.25, -0.2) is 9.18 Å². The highest BCUT2D eigenvalue weighted by atomic mass is 32.2. The summed E-state index contributed by atoms with van der Waals surface area (Å²) >= 11 is 0. The Balaban J connectivity index is 2.36. The summed E-state index contributed by atoms with van der Waals surface area (Å²) < 4.78 is 54.7. The van der Waals surface area contributed by atoms with E-state index in [9.17, 15) is 22.4 Å². The summed E-state index contributed by atoms with van der Waals surface area (Å²) in [4.78, 5) is 25.0. The summed E-state index contributed by atoms with van der Waals surface area (Å²) in [5.74, 6) is 0. The molecule has 1 aromatic heterocycles. The van der Waals surface area contributed by atoms with E-state index in [1.807, 2.05) is 9.71 Å². The van der Waals surface area contributed by atoms with Crippen molar-refractivity contribution in [2.45, 2.75) is 44.6 Å². The smallest absolute Gasteiger partial charge is 0.330 e. The molecule has 2 rings (SSSR count). The molecule has 10 nitrogen and oxygen atoms in total. The van der Waals surface area contributed by atoms with E-state index in [-0.39, 0.29) is 6.10 Å². The van der Waals surface area contributed by atoms with Crippen LogP contribution in [0.5, 0.6) is 0 Å². The first-order valence-electron chi connectivity index (χ1n) is 7.40. The fourth-order valence-electron chi connectivity index (χ4n) is 2.28. The third-order valence-electron chi connectivity index (χ3n) is 3.37. The Labute approximate surface area is 142 Å². The standard InChI is InChI=1S/C13H19FN4O6S/c1-7(2)23-11-8(6-16-25(21,22)15-3)24-12(10(11)14)18-5-4-9(19)17-13(18)20/h4-8,10-12,15H,1-3H3,(H,17,19,20)/t8-,10-,11-,12-/m1/s1. The van der Waals surface area contributed by atoms with Crippen LogP contribution in [0.2, 0.25) is 0 Å². The zero-order chi connectivity index (χ0) is 18.8. The van der Waals surface area contributed by atoms with Gasteiger partial charge in [-0.1, -0.05) is 0 Å². The van der Waals surface area contributed by atoms with Crippen molar-refractivity contribution >= 4 is 16.4 Å². The Morgan fingerprint density at radius 1 is 1.48 bits per heavy atom. The molecule has 2 N–H and O–H groups in total. The SMILES string of the molecule is CNS(=O)(=O)N=C[C@H]1O[C@@H](n2ccc(=O)[nH]c2=O)[C@H](F)[C@@H]1OC(C)C. The molecule has 0 aliphatic carbocycles. The maximum Gasteiger partial charge on any atom is 0.330 e. The van der Waals surface area contributed by atoms with Crippen LogP contribution in [0.1, 0.15) is 20.1 Å². The van der Waals surface area contributed by atoms with E-state index >= 15 is 0 Å². The van der Waals surface area contributed by atoms with Crippen molar-refractivity contribution in [2.24, 2.45) is 4.40 Å². The quantitative estimate of drug-likeness (QED) is 0.617. The van der Waals surface area contributed by atoms with Crippen LogP contribution in [-0.4, -0.2) is 55.7 Å². The first kappa shape index (κ1) is 19.4. The van der Waals surface area contributed by atoms with Crippen molar-refractivity contribution in [1.82, 2.24) is 14.3 Å². The molecule has 0 spiro atoms. The van der Waals surface area contributed by atoms with E-state index in [1.165, 1.54) is 7.05 Å². The largest absolute Gasteiger partial charge is 0.369 e. The summed E-state index contributed by atoms with van der Waals surface area (Å²) in [6.45, 7) is 3.34. The second-order valence-electron chi connectivity index (χ2n) is 5.54. The average molecular weight is 378 g/mol. The maximum atomic E-state index is 14.8. The van der Waals surface area contributed by atoms with Gasteiger partial charge in [0.15, 0.2) is 12.4 Å². The van der Waals surface area contributed by atoms with E-state index in [4.69, 9.17) is 9.47 Å². The molecule has 140 valence electrons. The Morgan fingerprint density at radius 2 is 2.16 bits per heavy atom. The van der Waals surface area contributed by atoms with Gasteiger partial charge in [0.2, 0.25) is 0 Å². The lowest BCUT2D eigenvalue weighted by Gasteiger charge is -2.20. The topological polar surface area (TPSA) is 132 Å². The molecule has 4 atom stereocenters. The maximum absolute atomic E-state index is 14.8. The van der Waals surface area contributed by atoms with Crippen molar-refractivity contribution in [3.05, 3.63) is 33.1 Å². The predicted molar refractivity (Wildman–Crippen MR) is 86.6 cm³/mol. The fourth-order valence-corrected chi connectivity index (χ4v) is 2.67. The van der Waals surface area contributed by atoms with Gasteiger partial charge in [0.25, 0.3) is 5.56 Å². The highest BCUT2D eigenvalue weighted by Crippen LogP contribution is 2.32. The zero-order valence-corrected chi connectivity index (χ0v) is 14.6. The second kappa shape index (κ2) is 7.56. The third-order valence-corrected chi connectivity index (χ3v) is 4.28. The average Bonchev–Trinajstić information content (AvgIpc) is 2.82. The van der Waals surface area contributed by atoms with E-state index in [0.717, 1.165) is 23.0 Å². The number of alkyl halides is 1. The number of halogens is 1. The van der Waals surface area contributed by atoms with Crippen LogP contribution in [0.25, 0.3) is 0 Å². The number of H-pyrrole nitrogens is 1. The fraction of sp³-hybridized carbons (Fsp3) is 0.615. The Kier molecular flexibility index (Phi) is 5.87. The number of nitrogens with zero attached hydrogens (tertiary/aromatic N) is 2. The first-order chi connectivity index (χ1) is 11.6. The monoisotopic (exact) mass is 378 g/mol. The lowest BCUT2D eigenvalue weighted by atomic mass is 10.1. The molecule has 1 aliphatic heterocycles. The minimum atomic E-state index is -3.93. The minimum Gasteiger partial charge on any atom is -0.369 e. The second-order valence-corrected chi connectivity index (χ2v) is 7.11. The molecular formula is C13H19FN4O6S. The molecular weight excluding hydrogens is 359 g/mol. The summed E-state index contributed by atoms with van der Waals surface area (Å²) in [7, 11) is -2.76. The minimum absolute atomic E-state index is 0.380. The van der Waals surface area contributed by atoms with Gasteiger partial charge < -0.3 is 9.47 Å². The van der Waals surface area contributed by atoms with Crippen molar-refractivity contribution in [1.29, 1.82) is 0 Å². The van der Waals surface area contributed by atoms with Crippen LogP contribution in [-0.2, 0) is 19.7 Å². The van der Waals surface area contributed by atoms with Crippen LogP contribution < -0.4 is 16.0 Å². The number of hydrogen-bond donors (Lipinski definition) is 2. The summed E-state index contributed by atoms with van der Waals surface area (Å²) in [5, 5.41) is 0. The van der Waals surface area contributed by atoms with Gasteiger partial charge in [0.05, 0.1) is 12.3 Å². The highest BCUT2D eigenvalue weighted by molar-refractivity contribution is 7.88. The van der Waals surface area contributed by atoms with Gasteiger partial charge in [-0.3, -0.25) is 14.3 Å². The molecule has 0 radical (unpaired) electrons. The van der Waals surface area contributed by atoms with Crippen molar-refractivity contribution in [2.75, 3.05) is 7.05 Å². The van der Waals surface area contributed by atoms with Gasteiger partial charge in [0.1, 0.15) is 12.2 Å². The lowest BCUT2D eigenvalue weighted by Crippen LogP contribution is -2.37. The third kappa shape index (κ3) is 4.60. The molecule has 1 saturated heterocycles. The van der Waals surface area contributed by atoms with E-state index in [1.54, 1.807) is 13.8 Å². The van der Waals surface area contributed by atoms with Crippen molar-refractivity contribution < 1.29 is 22.3 Å². The Bertz CT molecular complexity index is 849. The molecule has 0 bridgehead atoms. The number of rotatable bonds is 6. The molecule has 0 unspecified atom stereocenters. The normalized spacial score (nSPS) is 27.4. The molecule has 1 aromatic rings. The Morgan fingerprint density at radius 3 is 2.72 bits per heavy atom. The van der Waals surface area contributed by atoms with Crippen LogP contribution in [0, 0.1) is 0 Å². The molecule has 0 aromatic carbocycles. The van der Waals surface area contributed by atoms with Gasteiger partial charge in [-0.15, -0.1) is 0 Å². The summed E-state index contributed by atoms with van der Waals surface area (Å²) in [5.41, 5.74) is -1.49. The van der Waals surface area contributed by atoms with E-state index in [0.29, 0.717) is 0 Å². The lowest BCUT2D eigenvalue weighted by molar-refractivity contribution is -0.0325. The molecule has 2 heterocycles. The van der Waals surface area contributed by atoms with Crippen LogP contribution >= 0.6 is 0 Å². The number of hydrogen-bond acceptors (Lipinski definition) is 6. The highest BCUT2D eigenvalue weighted by Gasteiger charge is 2.47. The first-order valence-corrected chi connectivity index (χ1v) is 8.84. The van der Waals surface area contributed by atoms with Gasteiger partial charge in [0, 0.05) is 19.3 Å². The number of nitrogens with one attached hydrogen (secondary N) is 2. The zero-order valence-electron chi connectivity index (χ0n) is 13.7. The van der Waals surface area contributed by atoms with E-state index in [2.05, 4.69) is 4.40 Å². The predicted octanol–water partition coefficient (Wildman–Crippen LogP) is -0.899. The summed E-state index contributed by atoms with van der Waals surface area (Å²) in [6, 6.07) is 1.04. The molecule has 1 fully saturated rings. The Hall–Kier alpha value is -1.89. The summed E-state index contributed by atoms with van der Waals surface area (Å²) in [6.07, 6.45) is -3.91. The number of ether oxygens (including phenoxy) is 2. The number of aromatic nitrogens is 2. The van der Waals surface area contributed by atoms with Gasteiger partial charge in [-0.2, -0.15) is 17.5 Å².